The van der Waals surface area contributed by atoms with E-state index in [1.807, 2.05) is 48.8 Å². The van der Waals surface area contributed by atoms with Gasteiger partial charge in [-0.2, -0.15) is 0 Å². The highest BCUT2D eigenvalue weighted by Gasteiger charge is 2.23. The van der Waals surface area contributed by atoms with Crippen molar-refractivity contribution in [3.05, 3.63) is 60.4 Å². The molecule has 3 heteroatoms. The smallest absolute Gasteiger partial charge is 0.119 e. The van der Waals surface area contributed by atoms with Crippen LogP contribution in [-0.4, -0.2) is 29.6 Å². The minimum absolute atomic E-state index is 0.492. The molecule has 0 N–H and O–H groups in total. The number of hydrogen-bond donors (Lipinski definition) is 0. The quantitative estimate of drug-likeness (QED) is 0.836. The van der Waals surface area contributed by atoms with Gasteiger partial charge in [-0.25, -0.2) is 0 Å². The molecular formula is C18H22N2O. The number of likely N-dealkylation sites (tertiary alicyclic amines) is 1. The van der Waals surface area contributed by atoms with E-state index in [1.54, 1.807) is 0 Å². The first-order valence-electron chi connectivity index (χ1n) is 7.75. The molecule has 1 aliphatic heterocycles. The summed E-state index contributed by atoms with van der Waals surface area (Å²) in [5.74, 6) is 0.951. The predicted molar refractivity (Wildman–Crippen MR) is 84.3 cm³/mol. The lowest BCUT2D eigenvalue weighted by molar-refractivity contribution is 0.123. The van der Waals surface area contributed by atoms with Crippen LogP contribution in [0, 0.1) is 0 Å². The van der Waals surface area contributed by atoms with Crippen LogP contribution in [0.25, 0.3) is 0 Å². The zero-order valence-corrected chi connectivity index (χ0v) is 12.3. The maximum Gasteiger partial charge on any atom is 0.119 e. The molecule has 1 atom stereocenters. The summed E-state index contributed by atoms with van der Waals surface area (Å²) < 4.78 is 5.84. The van der Waals surface area contributed by atoms with Crippen LogP contribution in [0.4, 0.5) is 0 Å². The van der Waals surface area contributed by atoms with Gasteiger partial charge < -0.3 is 4.74 Å². The molecule has 2 aromatic rings. The van der Waals surface area contributed by atoms with Crippen molar-refractivity contribution in [2.24, 2.45) is 0 Å². The molecular weight excluding hydrogens is 260 g/mol. The summed E-state index contributed by atoms with van der Waals surface area (Å²) >= 11 is 0. The van der Waals surface area contributed by atoms with E-state index in [0.717, 1.165) is 25.4 Å². The van der Waals surface area contributed by atoms with Gasteiger partial charge >= 0.3 is 0 Å². The highest BCUT2D eigenvalue weighted by Crippen LogP contribution is 2.29. The van der Waals surface area contributed by atoms with Gasteiger partial charge in [0.1, 0.15) is 12.4 Å². The molecule has 1 aromatic carbocycles. The number of ether oxygens (including phenoxy) is 1. The molecule has 21 heavy (non-hydrogen) atoms. The maximum atomic E-state index is 5.84. The highest BCUT2D eigenvalue weighted by molar-refractivity contribution is 5.21. The summed E-state index contributed by atoms with van der Waals surface area (Å²) in [6, 6.07) is 14.8. The number of rotatable bonds is 5. The number of benzene rings is 1. The Balaban J connectivity index is 1.57. The molecule has 0 saturated carbocycles. The molecule has 0 radical (unpaired) electrons. The van der Waals surface area contributed by atoms with E-state index in [0.29, 0.717) is 6.04 Å². The molecule has 2 heterocycles. The van der Waals surface area contributed by atoms with Crippen molar-refractivity contribution >= 4 is 0 Å². The van der Waals surface area contributed by atoms with Crippen LogP contribution in [0.15, 0.2) is 54.9 Å². The van der Waals surface area contributed by atoms with E-state index in [9.17, 15) is 0 Å². The Morgan fingerprint density at radius 3 is 2.81 bits per heavy atom. The number of aromatic nitrogens is 1. The Morgan fingerprint density at radius 1 is 1.10 bits per heavy atom. The molecule has 0 bridgehead atoms. The third-order valence-corrected chi connectivity index (χ3v) is 4.07. The SMILES string of the molecule is c1ccc(OCCN2CCCCC2c2cccnc2)cc1. The Kier molecular flexibility index (Phi) is 4.85. The zero-order valence-electron chi connectivity index (χ0n) is 12.3. The number of para-hydroxylation sites is 1. The van der Waals surface area contributed by atoms with Crippen LogP contribution in [0.2, 0.25) is 0 Å². The molecule has 1 aromatic heterocycles. The summed E-state index contributed by atoms with van der Waals surface area (Å²) in [5.41, 5.74) is 1.33. The average Bonchev–Trinajstić information content (AvgIpc) is 2.57. The van der Waals surface area contributed by atoms with Gasteiger partial charge in [0.15, 0.2) is 0 Å². The lowest BCUT2D eigenvalue weighted by atomic mass is 9.96. The van der Waals surface area contributed by atoms with Crippen LogP contribution in [0.1, 0.15) is 30.9 Å². The van der Waals surface area contributed by atoms with Crippen molar-refractivity contribution in [1.82, 2.24) is 9.88 Å². The summed E-state index contributed by atoms with van der Waals surface area (Å²) in [5, 5.41) is 0. The van der Waals surface area contributed by atoms with Crippen LogP contribution in [0.3, 0.4) is 0 Å². The summed E-state index contributed by atoms with van der Waals surface area (Å²) in [6.07, 6.45) is 7.64. The molecule has 1 unspecified atom stereocenters. The summed E-state index contributed by atoms with van der Waals surface area (Å²) in [7, 11) is 0. The van der Waals surface area contributed by atoms with E-state index >= 15 is 0 Å². The van der Waals surface area contributed by atoms with Crippen molar-refractivity contribution in [2.75, 3.05) is 19.7 Å². The fourth-order valence-corrected chi connectivity index (χ4v) is 3.01. The van der Waals surface area contributed by atoms with Gasteiger partial charge in [-0.1, -0.05) is 30.7 Å². The second-order valence-corrected chi connectivity index (χ2v) is 5.50. The molecule has 3 rings (SSSR count). The van der Waals surface area contributed by atoms with E-state index in [4.69, 9.17) is 4.74 Å². The first-order valence-corrected chi connectivity index (χ1v) is 7.75. The molecule has 110 valence electrons. The number of nitrogens with zero attached hydrogens (tertiary/aromatic N) is 2. The average molecular weight is 282 g/mol. The van der Waals surface area contributed by atoms with Crippen molar-refractivity contribution in [1.29, 1.82) is 0 Å². The molecule has 1 aliphatic rings. The van der Waals surface area contributed by atoms with E-state index in [-0.39, 0.29) is 0 Å². The lowest BCUT2D eigenvalue weighted by Gasteiger charge is -2.35. The molecule has 1 fully saturated rings. The molecule has 3 nitrogen and oxygen atoms in total. The Hall–Kier alpha value is -1.87. The lowest BCUT2D eigenvalue weighted by Crippen LogP contribution is -2.36. The van der Waals surface area contributed by atoms with E-state index < -0.39 is 0 Å². The van der Waals surface area contributed by atoms with Gasteiger partial charge in [-0.3, -0.25) is 9.88 Å². The van der Waals surface area contributed by atoms with E-state index in [2.05, 4.69) is 16.0 Å². The molecule has 1 saturated heterocycles. The molecule has 0 amide bonds. The van der Waals surface area contributed by atoms with Crippen molar-refractivity contribution in [3.8, 4) is 5.75 Å². The monoisotopic (exact) mass is 282 g/mol. The minimum Gasteiger partial charge on any atom is -0.492 e. The number of piperidine rings is 1. The normalized spacial score (nSPS) is 19.3. The first kappa shape index (κ1) is 14.1. The largest absolute Gasteiger partial charge is 0.492 e. The van der Waals surface area contributed by atoms with Gasteiger partial charge in [0, 0.05) is 25.0 Å². The third-order valence-electron chi connectivity index (χ3n) is 4.07. The number of hydrogen-bond acceptors (Lipinski definition) is 3. The van der Waals surface area contributed by atoms with Crippen LogP contribution in [-0.2, 0) is 0 Å². The predicted octanol–water partition coefficient (Wildman–Crippen LogP) is 3.69. The second-order valence-electron chi connectivity index (χ2n) is 5.50. The minimum atomic E-state index is 0.492. The van der Waals surface area contributed by atoms with Gasteiger partial charge in [0.2, 0.25) is 0 Å². The number of pyridine rings is 1. The third kappa shape index (κ3) is 3.82. The van der Waals surface area contributed by atoms with Gasteiger partial charge in [-0.05, 0) is 43.1 Å². The highest BCUT2D eigenvalue weighted by atomic mass is 16.5. The Morgan fingerprint density at radius 2 is 2.00 bits per heavy atom. The first-order chi connectivity index (χ1) is 10.4. The fourth-order valence-electron chi connectivity index (χ4n) is 3.01. The van der Waals surface area contributed by atoms with Crippen molar-refractivity contribution in [2.45, 2.75) is 25.3 Å². The van der Waals surface area contributed by atoms with Gasteiger partial charge in [-0.15, -0.1) is 0 Å². The molecule has 0 spiro atoms. The zero-order chi connectivity index (χ0) is 14.3. The second kappa shape index (κ2) is 7.23. The summed E-state index contributed by atoms with van der Waals surface area (Å²) in [4.78, 5) is 6.80. The standard InChI is InChI=1S/C18H22N2O/c1-2-8-17(9-3-1)21-14-13-20-12-5-4-10-18(20)16-7-6-11-19-15-16/h1-3,6-9,11,15,18H,4-5,10,12-14H2. The maximum absolute atomic E-state index is 5.84. The Bertz CT molecular complexity index is 529. The topological polar surface area (TPSA) is 25.4 Å². The Labute approximate surface area is 126 Å². The van der Waals surface area contributed by atoms with Crippen LogP contribution >= 0.6 is 0 Å². The fraction of sp³-hybridized carbons (Fsp3) is 0.389. The van der Waals surface area contributed by atoms with E-state index in [1.165, 1.54) is 24.8 Å². The van der Waals surface area contributed by atoms with Crippen LogP contribution in [0.5, 0.6) is 5.75 Å². The van der Waals surface area contributed by atoms with Gasteiger partial charge in [0.25, 0.3) is 0 Å². The van der Waals surface area contributed by atoms with Gasteiger partial charge in [0.05, 0.1) is 0 Å². The van der Waals surface area contributed by atoms with Crippen LogP contribution < -0.4 is 4.74 Å². The van der Waals surface area contributed by atoms with Crippen molar-refractivity contribution in [3.63, 3.8) is 0 Å². The summed E-state index contributed by atoms with van der Waals surface area (Å²) in [6.45, 7) is 2.85. The molecule has 0 aliphatic carbocycles. The van der Waals surface area contributed by atoms with Crippen molar-refractivity contribution < 1.29 is 4.74 Å².